The third-order valence-corrected chi connectivity index (χ3v) is 1.72. The number of aromatic nitrogens is 1. The maximum absolute atomic E-state index is 10.9. The number of hydrogen-bond donors (Lipinski definition) is 1. The number of hydrogen-bond acceptors (Lipinski definition) is 2. The Morgan fingerprint density at radius 3 is 3.00 bits per heavy atom. The van der Waals surface area contributed by atoms with E-state index in [9.17, 15) is 4.79 Å². The molecule has 0 atom stereocenters. The quantitative estimate of drug-likeness (QED) is 0.754. The van der Waals surface area contributed by atoms with Gasteiger partial charge >= 0.3 is 0 Å². The number of pyridine rings is 1. The molecule has 1 amide bonds. The van der Waals surface area contributed by atoms with Gasteiger partial charge in [-0.25, -0.2) is 4.98 Å². The lowest BCUT2D eigenvalue weighted by Gasteiger charge is -1.97. The molecule has 5 heteroatoms. The van der Waals surface area contributed by atoms with Crippen LogP contribution in [0.4, 0.5) is 0 Å². The highest BCUT2D eigenvalue weighted by Crippen LogP contribution is 2.11. The Morgan fingerprint density at radius 1 is 1.73 bits per heavy atom. The molecule has 0 saturated heterocycles. The molecule has 11 heavy (non-hydrogen) atoms. The van der Waals surface area contributed by atoms with Crippen molar-refractivity contribution in [2.45, 2.75) is 0 Å². The first-order valence-corrected chi connectivity index (χ1v) is 3.94. The summed E-state index contributed by atoms with van der Waals surface area (Å²) in [5, 5.41) is 0.337. The van der Waals surface area contributed by atoms with E-state index in [1.807, 2.05) is 0 Å². The molecule has 3 nitrogen and oxygen atoms in total. The summed E-state index contributed by atoms with van der Waals surface area (Å²) in [6.45, 7) is 0. The van der Waals surface area contributed by atoms with Gasteiger partial charge in [0.15, 0.2) is 0 Å². The third kappa shape index (κ3) is 1.91. The molecule has 0 fully saturated rings. The van der Waals surface area contributed by atoms with Crippen LogP contribution < -0.4 is 4.34 Å². The van der Waals surface area contributed by atoms with Crippen LogP contribution in [-0.2, 0) is 0 Å². The molecule has 58 valence electrons. The smallest absolute Gasteiger partial charge is 0.281 e. The Labute approximate surface area is 77.1 Å². The second-order valence-corrected chi connectivity index (χ2v) is 2.56. The van der Waals surface area contributed by atoms with E-state index in [4.69, 9.17) is 11.6 Å². The van der Waals surface area contributed by atoms with Gasteiger partial charge in [-0.2, -0.15) is 0 Å². The van der Waals surface area contributed by atoms with Gasteiger partial charge in [0, 0.05) is 22.3 Å². The topological polar surface area (TPSA) is 42.0 Å². The van der Waals surface area contributed by atoms with E-state index in [2.05, 4.69) is 25.5 Å². The molecule has 0 radical (unpaired) electrons. The zero-order valence-electron chi connectivity index (χ0n) is 5.34. The van der Waals surface area contributed by atoms with Gasteiger partial charge in [0.1, 0.15) is 5.69 Å². The van der Waals surface area contributed by atoms with Crippen LogP contribution in [0.25, 0.3) is 0 Å². The molecular weight excluding hydrogens is 231 g/mol. The van der Waals surface area contributed by atoms with E-state index in [0.717, 1.165) is 0 Å². The Hall–Kier alpha value is -0.610. The Morgan fingerprint density at radius 2 is 2.45 bits per heavy atom. The van der Waals surface area contributed by atoms with Gasteiger partial charge in [-0.3, -0.25) is 9.14 Å². The molecule has 0 bridgehead atoms. The van der Waals surface area contributed by atoms with E-state index < -0.39 is 0 Å². The second kappa shape index (κ2) is 3.69. The van der Waals surface area contributed by atoms with Crippen LogP contribution in [0.2, 0.25) is 5.02 Å². The largest absolute Gasteiger partial charge is 0.287 e. The molecule has 1 aromatic rings. The van der Waals surface area contributed by atoms with E-state index >= 15 is 0 Å². The predicted molar refractivity (Wildman–Crippen MR) is 45.6 cm³/mol. The van der Waals surface area contributed by atoms with Crippen molar-refractivity contribution in [1.82, 2.24) is 9.33 Å². The monoisotopic (exact) mass is 234 g/mol. The van der Waals surface area contributed by atoms with Gasteiger partial charge in [0.05, 0.1) is 5.02 Å². The average molecular weight is 235 g/mol. The summed E-state index contributed by atoms with van der Waals surface area (Å²) >= 11 is 8.44. The van der Waals surface area contributed by atoms with Crippen LogP contribution in [0.1, 0.15) is 10.5 Å². The SMILES string of the molecule is O=C(NBr)c1ncccc1Cl. The number of rotatable bonds is 1. The van der Waals surface area contributed by atoms with E-state index in [1.54, 1.807) is 12.1 Å². The lowest BCUT2D eigenvalue weighted by Crippen LogP contribution is -2.13. The fourth-order valence-electron chi connectivity index (χ4n) is 0.598. The zero-order valence-corrected chi connectivity index (χ0v) is 7.69. The van der Waals surface area contributed by atoms with Crippen LogP contribution in [0, 0.1) is 0 Å². The number of amides is 1. The van der Waals surface area contributed by atoms with Crippen molar-refractivity contribution in [2.24, 2.45) is 0 Å². The summed E-state index contributed by atoms with van der Waals surface area (Å²) in [6.07, 6.45) is 1.50. The number of halogens is 2. The van der Waals surface area contributed by atoms with Gasteiger partial charge < -0.3 is 0 Å². The lowest BCUT2D eigenvalue weighted by atomic mass is 10.3. The summed E-state index contributed by atoms with van der Waals surface area (Å²) in [5.74, 6) is -0.351. The van der Waals surface area contributed by atoms with Crippen molar-refractivity contribution in [1.29, 1.82) is 0 Å². The normalized spacial score (nSPS) is 9.27. The van der Waals surface area contributed by atoms with Gasteiger partial charge in [-0.05, 0) is 12.1 Å². The summed E-state index contributed by atoms with van der Waals surface area (Å²) < 4.78 is 2.25. The van der Waals surface area contributed by atoms with Crippen molar-refractivity contribution in [3.05, 3.63) is 29.0 Å². The minimum Gasteiger partial charge on any atom is -0.287 e. The number of carbonyl (C=O) groups excluding carboxylic acids is 1. The third-order valence-electron chi connectivity index (χ3n) is 1.06. The van der Waals surface area contributed by atoms with E-state index in [0.29, 0.717) is 5.02 Å². The van der Waals surface area contributed by atoms with Gasteiger partial charge in [-0.15, -0.1) is 0 Å². The molecule has 0 aromatic carbocycles. The summed E-state index contributed by atoms with van der Waals surface area (Å²) in [4.78, 5) is 14.7. The van der Waals surface area contributed by atoms with Gasteiger partial charge in [0.2, 0.25) is 0 Å². The molecule has 1 N–H and O–H groups in total. The minimum atomic E-state index is -0.351. The Bertz CT molecular complexity index is 279. The highest BCUT2D eigenvalue weighted by molar-refractivity contribution is 9.08. The zero-order chi connectivity index (χ0) is 8.27. The molecule has 0 aliphatic carbocycles. The predicted octanol–water partition coefficient (Wildman–Crippen LogP) is 1.77. The highest BCUT2D eigenvalue weighted by Gasteiger charge is 2.08. The summed E-state index contributed by atoms with van der Waals surface area (Å²) in [7, 11) is 0. The Kier molecular flexibility index (Phi) is 2.84. The fourth-order valence-corrected chi connectivity index (χ4v) is 0.993. The number of nitrogens with zero attached hydrogens (tertiary/aromatic N) is 1. The van der Waals surface area contributed by atoms with Gasteiger partial charge in [0.25, 0.3) is 5.91 Å². The van der Waals surface area contributed by atoms with Crippen LogP contribution >= 0.6 is 27.7 Å². The number of carbonyl (C=O) groups is 1. The van der Waals surface area contributed by atoms with Crippen LogP contribution in [0.15, 0.2) is 18.3 Å². The molecule has 1 heterocycles. The van der Waals surface area contributed by atoms with Crippen LogP contribution in [-0.4, -0.2) is 10.9 Å². The van der Waals surface area contributed by atoms with Crippen molar-refractivity contribution in [3.63, 3.8) is 0 Å². The van der Waals surface area contributed by atoms with Crippen LogP contribution in [0.5, 0.6) is 0 Å². The molecule has 1 rings (SSSR count). The minimum absolute atomic E-state index is 0.214. The maximum atomic E-state index is 10.9. The first-order valence-electron chi connectivity index (χ1n) is 2.77. The molecule has 0 spiro atoms. The van der Waals surface area contributed by atoms with Crippen LogP contribution in [0.3, 0.4) is 0 Å². The Balaban J connectivity index is 3.03. The molecular formula is C6H4BrClN2O. The summed E-state index contributed by atoms with van der Waals surface area (Å²) in [6, 6.07) is 3.26. The standard InChI is InChI=1S/C6H4BrClN2O/c7-10-6(11)5-4(8)2-1-3-9-5/h1-3H,(H,10,11). The van der Waals surface area contributed by atoms with E-state index in [-0.39, 0.29) is 11.6 Å². The molecule has 1 aromatic heterocycles. The van der Waals surface area contributed by atoms with Crippen molar-refractivity contribution >= 4 is 33.7 Å². The molecule has 0 unspecified atom stereocenters. The molecule has 0 saturated carbocycles. The maximum Gasteiger partial charge on any atom is 0.281 e. The fraction of sp³-hybridized carbons (Fsp3) is 0. The van der Waals surface area contributed by atoms with Gasteiger partial charge in [-0.1, -0.05) is 11.6 Å². The van der Waals surface area contributed by atoms with E-state index in [1.165, 1.54) is 6.20 Å². The molecule has 0 aliphatic rings. The first kappa shape index (κ1) is 8.49. The average Bonchev–Trinajstić information content (AvgIpc) is 2.04. The number of nitrogens with one attached hydrogen (secondary N) is 1. The summed E-state index contributed by atoms with van der Waals surface area (Å²) in [5.41, 5.74) is 0.214. The van der Waals surface area contributed by atoms with Crippen molar-refractivity contribution < 1.29 is 4.79 Å². The van der Waals surface area contributed by atoms with Crippen molar-refractivity contribution in [2.75, 3.05) is 0 Å². The van der Waals surface area contributed by atoms with Crippen molar-refractivity contribution in [3.8, 4) is 0 Å². The first-order chi connectivity index (χ1) is 5.25. The highest BCUT2D eigenvalue weighted by atomic mass is 79.9. The second-order valence-electron chi connectivity index (χ2n) is 1.76. The lowest BCUT2D eigenvalue weighted by molar-refractivity contribution is 0.0982. The molecule has 0 aliphatic heterocycles.